The molecule has 1 nitrogen and oxygen atoms in total. The number of hydrogen-bond acceptors (Lipinski definition) is 1. The summed E-state index contributed by atoms with van der Waals surface area (Å²) in [6, 6.07) is 0. The van der Waals surface area contributed by atoms with Gasteiger partial charge in [-0.05, 0) is 26.7 Å². The lowest BCUT2D eigenvalue weighted by Crippen LogP contribution is -2.24. The normalized spacial score (nSPS) is 25.4. The molecule has 0 radical (unpaired) electrons. The number of hydrogen-bond donors (Lipinski definition) is 0. The second-order valence-electron chi connectivity index (χ2n) is 3.43. The van der Waals surface area contributed by atoms with E-state index >= 15 is 0 Å². The van der Waals surface area contributed by atoms with Crippen LogP contribution in [0, 0.1) is 0 Å². The van der Waals surface area contributed by atoms with Crippen molar-refractivity contribution >= 4 is 0 Å². The highest BCUT2D eigenvalue weighted by Crippen LogP contribution is 2.23. The largest absolute Gasteiger partial charge is 0.372 e. The highest BCUT2D eigenvalue weighted by atomic mass is 19.1. The zero-order chi connectivity index (χ0) is 8.27. The van der Waals surface area contributed by atoms with Crippen molar-refractivity contribution in [2.45, 2.75) is 57.9 Å². The Balaban J connectivity index is 2.18. The van der Waals surface area contributed by atoms with Crippen LogP contribution in [-0.2, 0) is 4.74 Å². The Morgan fingerprint density at radius 1 is 1.27 bits per heavy atom. The Morgan fingerprint density at radius 2 is 1.82 bits per heavy atom. The molecular formula is C9H17FO. The summed E-state index contributed by atoms with van der Waals surface area (Å²) in [5.74, 6) is 0. The zero-order valence-electron chi connectivity index (χ0n) is 7.35. The van der Waals surface area contributed by atoms with Gasteiger partial charge in [0.2, 0.25) is 0 Å². The smallest absolute Gasteiger partial charge is 0.123 e. The van der Waals surface area contributed by atoms with Crippen molar-refractivity contribution in [3.05, 3.63) is 0 Å². The third-order valence-electron chi connectivity index (χ3n) is 2.36. The van der Waals surface area contributed by atoms with Gasteiger partial charge < -0.3 is 4.74 Å². The van der Waals surface area contributed by atoms with E-state index in [-0.39, 0.29) is 6.10 Å². The lowest BCUT2D eigenvalue weighted by molar-refractivity contribution is -0.0336. The fourth-order valence-corrected chi connectivity index (χ4v) is 1.44. The van der Waals surface area contributed by atoms with Gasteiger partial charge in [0.15, 0.2) is 0 Å². The highest BCUT2D eigenvalue weighted by Gasteiger charge is 2.20. The standard InChI is InChI=1S/C9H17FO/c1-7(10)8(2)11-9-5-3-4-6-9/h7-9H,3-6H2,1-2H3/t7?,8-/m0/s1. The van der Waals surface area contributed by atoms with Crippen LogP contribution in [0.1, 0.15) is 39.5 Å². The van der Waals surface area contributed by atoms with Crippen LogP contribution in [0.5, 0.6) is 0 Å². The van der Waals surface area contributed by atoms with Gasteiger partial charge in [0.25, 0.3) is 0 Å². The van der Waals surface area contributed by atoms with Crippen molar-refractivity contribution in [1.82, 2.24) is 0 Å². The molecule has 0 spiro atoms. The molecule has 0 aromatic carbocycles. The lowest BCUT2D eigenvalue weighted by Gasteiger charge is -2.18. The molecule has 2 atom stereocenters. The molecule has 1 unspecified atom stereocenters. The summed E-state index contributed by atoms with van der Waals surface area (Å²) in [5, 5.41) is 0. The van der Waals surface area contributed by atoms with Gasteiger partial charge in [0, 0.05) is 0 Å². The predicted molar refractivity (Wildman–Crippen MR) is 43.4 cm³/mol. The molecule has 0 bridgehead atoms. The van der Waals surface area contributed by atoms with Gasteiger partial charge >= 0.3 is 0 Å². The van der Waals surface area contributed by atoms with E-state index in [1.54, 1.807) is 6.92 Å². The second-order valence-corrected chi connectivity index (χ2v) is 3.43. The second kappa shape index (κ2) is 4.05. The van der Waals surface area contributed by atoms with Crippen LogP contribution >= 0.6 is 0 Å². The minimum Gasteiger partial charge on any atom is -0.372 e. The molecule has 0 aliphatic heterocycles. The summed E-state index contributed by atoms with van der Waals surface area (Å²) in [6.07, 6.45) is 4.02. The topological polar surface area (TPSA) is 9.23 Å². The van der Waals surface area contributed by atoms with E-state index in [0.29, 0.717) is 6.10 Å². The third-order valence-corrected chi connectivity index (χ3v) is 2.36. The van der Waals surface area contributed by atoms with Gasteiger partial charge in [-0.3, -0.25) is 0 Å². The Hall–Kier alpha value is -0.110. The maximum absolute atomic E-state index is 12.6. The van der Waals surface area contributed by atoms with Crippen molar-refractivity contribution in [1.29, 1.82) is 0 Å². The maximum Gasteiger partial charge on any atom is 0.123 e. The molecular weight excluding hydrogens is 143 g/mol. The van der Waals surface area contributed by atoms with Gasteiger partial charge in [-0.2, -0.15) is 0 Å². The van der Waals surface area contributed by atoms with E-state index in [0.717, 1.165) is 12.8 Å². The molecule has 1 saturated carbocycles. The van der Waals surface area contributed by atoms with E-state index < -0.39 is 6.17 Å². The average molecular weight is 160 g/mol. The third kappa shape index (κ3) is 2.78. The van der Waals surface area contributed by atoms with Crippen molar-refractivity contribution < 1.29 is 9.13 Å². The molecule has 0 aromatic heterocycles. The molecule has 2 heteroatoms. The molecule has 0 heterocycles. The Morgan fingerprint density at radius 3 is 2.27 bits per heavy atom. The number of ether oxygens (including phenoxy) is 1. The summed E-state index contributed by atoms with van der Waals surface area (Å²) < 4.78 is 18.1. The molecule has 0 saturated heterocycles. The first-order valence-electron chi connectivity index (χ1n) is 4.49. The SMILES string of the molecule is CC(F)[C@H](C)OC1CCCC1. The molecule has 11 heavy (non-hydrogen) atoms. The van der Waals surface area contributed by atoms with Gasteiger partial charge in [0.1, 0.15) is 6.17 Å². The molecule has 0 amide bonds. The average Bonchev–Trinajstić information content (AvgIpc) is 2.39. The molecule has 1 fully saturated rings. The van der Waals surface area contributed by atoms with Crippen molar-refractivity contribution in [3.8, 4) is 0 Å². The monoisotopic (exact) mass is 160 g/mol. The zero-order valence-corrected chi connectivity index (χ0v) is 7.35. The van der Waals surface area contributed by atoms with Crippen molar-refractivity contribution in [2.24, 2.45) is 0 Å². The molecule has 1 aliphatic rings. The van der Waals surface area contributed by atoms with Crippen molar-refractivity contribution in [2.75, 3.05) is 0 Å². The molecule has 0 aromatic rings. The highest BCUT2D eigenvalue weighted by molar-refractivity contribution is 4.70. The first kappa shape index (κ1) is 8.98. The first-order valence-corrected chi connectivity index (χ1v) is 4.49. The van der Waals surface area contributed by atoms with E-state index in [1.807, 2.05) is 6.92 Å². The van der Waals surface area contributed by atoms with Crippen LogP contribution < -0.4 is 0 Å². The van der Waals surface area contributed by atoms with Gasteiger partial charge in [0.05, 0.1) is 12.2 Å². The predicted octanol–water partition coefficient (Wildman–Crippen LogP) is 2.69. The number of alkyl halides is 1. The van der Waals surface area contributed by atoms with E-state index in [2.05, 4.69) is 0 Å². The summed E-state index contributed by atoms with van der Waals surface area (Å²) in [4.78, 5) is 0. The van der Waals surface area contributed by atoms with Crippen LogP contribution in [0.2, 0.25) is 0 Å². The fourth-order valence-electron chi connectivity index (χ4n) is 1.44. The minimum atomic E-state index is -0.837. The van der Waals surface area contributed by atoms with Crippen LogP contribution in [-0.4, -0.2) is 18.4 Å². The molecule has 1 aliphatic carbocycles. The van der Waals surface area contributed by atoms with Crippen molar-refractivity contribution in [3.63, 3.8) is 0 Å². The van der Waals surface area contributed by atoms with E-state index in [9.17, 15) is 4.39 Å². The Kier molecular flexibility index (Phi) is 3.31. The summed E-state index contributed by atoms with van der Waals surface area (Å²) in [6.45, 7) is 3.36. The lowest BCUT2D eigenvalue weighted by atomic mass is 10.2. The number of halogens is 1. The quantitative estimate of drug-likeness (QED) is 0.616. The Labute approximate surface area is 67.9 Å². The molecule has 1 rings (SSSR count). The van der Waals surface area contributed by atoms with Crippen LogP contribution in [0.3, 0.4) is 0 Å². The minimum absolute atomic E-state index is 0.224. The van der Waals surface area contributed by atoms with Crippen LogP contribution in [0.15, 0.2) is 0 Å². The maximum atomic E-state index is 12.6. The first-order chi connectivity index (χ1) is 5.20. The number of rotatable bonds is 3. The summed E-state index contributed by atoms with van der Waals surface area (Å²) in [7, 11) is 0. The van der Waals surface area contributed by atoms with Crippen LogP contribution in [0.25, 0.3) is 0 Å². The molecule has 0 N–H and O–H groups in total. The van der Waals surface area contributed by atoms with Gasteiger partial charge in [-0.25, -0.2) is 4.39 Å². The van der Waals surface area contributed by atoms with Gasteiger partial charge in [-0.1, -0.05) is 12.8 Å². The van der Waals surface area contributed by atoms with Gasteiger partial charge in [-0.15, -0.1) is 0 Å². The van der Waals surface area contributed by atoms with E-state index in [1.165, 1.54) is 12.8 Å². The summed E-state index contributed by atoms with van der Waals surface area (Å²) >= 11 is 0. The summed E-state index contributed by atoms with van der Waals surface area (Å²) in [5.41, 5.74) is 0. The fraction of sp³-hybridized carbons (Fsp3) is 1.00. The molecule has 66 valence electrons. The van der Waals surface area contributed by atoms with E-state index in [4.69, 9.17) is 4.74 Å². The Bertz CT molecular complexity index is 108. The van der Waals surface area contributed by atoms with Crippen LogP contribution in [0.4, 0.5) is 4.39 Å².